The van der Waals surface area contributed by atoms with Gasteiger partial charge in [0.2, 0.25) is 0 Å². The van der Waals surface area contributed by atoms with Crippen molar-refractivity contribution in [2.45, 2.75) is 6.18 Å². The maximum Gasteiger partial charge on any atom is 0.420 e. The molecule has 0 bridgehead atoms. The number of benzene rings is 1. The molecule has 0 radical (unpaired) electrons. The number of nitrogens with zero attached hydrogens (tertiary/aromatic N) is 2. The number of nitrogen functional groups attached to an aromatic ring is 1. The van der Waals surface area contributed by atoms with Crippen LogP contribution in [0.4, 0.5) is 18.9 Å². The lowest BCUT2D eigenvalue weighted by Crippen LogP contribution is -2.08. The van der Waals surface area contributed by atoms with E-state index in [1.165, 1.54) is 22.9 Å². The number of alkyl halides is 3. The largest absolute Gasteiger partial charge is 0.425 e. The number of nitrogens with two attached hydrogens (primary N) is 1. The lowest BCUT2D eigenvalue weighted by Gasteiger charge is -2.13. The van der Waals surface area contributed by atoms with Gasteiger partial charge in [-0.25, -0.2) is 4.98 Å². The van der Waals surface area contributed by atoms with Crippen molar-refractivity contribution < 1.29 is 17.9 Å². The predicted molar refractivity (Wildman–Crippen MR) is 59.1 cm³/mol. The summed E-state index contributed by atoms with van der Waals surface area (Å²) < 4.78 is 45.0. The van der Waals surface area contributed by atoms with Gasteiger partial charge in [-0.1, -0.05) is 0 Å². The highest BCUT2D eigenvalue weighted by Gasteiger charge is 2.35. The first-order valence-electron chi connectivity index (χ1n) is 5.00. The van der Waals surface area contributed by atoms with Gasteiger partial charge in [0.25, 0.3) is 0 Å². The van der Waals surface area contributed by atoms with Crippen molar-refractivity contribution >= 4 is 5.69 Å². The highest BCUT2D eigenvalue weighted by atomic mass is 19.4. The molecule has 0 fully saturated rings. The van der Waals surface area contributed by atoms with E-state index in [0.29, 0.717) is 0 Å². The van der Waals surface area contributed by atoms with Gasteiger partial charge >= 0.3 is 12.2 Å². The number of aromatic nitrogens is 2. The second-order valence-electron chi connectivity index (χ2n) is 3.68. The van der Waals surface area contributed by atoms with Crippen molar-refractivity contribution in [3.8, 4) is 11.8 Å². The van der Waals surface area contributed by atoms with Crippen LogP contribution in [0.1, 0.15) is 5.56 Å². The highest BCUT2D eigenvalue weighted by Crippen LogP contribution is 2.38. The maximum absolute atomic E-state index is 12.8. The van der Waals surface area contributed by atoms with Gasteiger partial charge in [0.05, 0.1) is 0 Å². The molecular weight excluding hydrogens is 247 g/mol. The summed E-state index contributed by atoms with van der Waals surface area (Å²) >= 11 is 0. The Labute approximate surface area is 101 Å². The predicted octanol–water partition coefficient (Wildman–Crippen LogP) is 2.81. The number of hydrogen-bond donors (Lipinski definition) is 1. The Kier molecular flexibility index (Phi) is 2.90. The summed E-state index contributed by atoms with van der Waals surface area (Å²) in [6.45, 7) is 0. The third-order valence-corrected chi connectivity index (χ3v) is 2.29. The number of imidazole rings is 1. The van der Waals surface area contributed by atoms with E-state index in [1.54, 1.807) is 13.2 Å². The Balaban J connectivity index is 2.42. The molecule has 0 aliphatic carbocycles. The second kappa shape index (κ2) is 4.25. The number of hydrogen-bond acceptors (Lipinski definition) is 3. The Morgan fingerprint density at radius 2 is 2.06 bits per heavy atom. The summed E-state index contributed by atoms with van der Waals surface area (Å²) in [6, 6.07) is 3.42. The highest BCUT2D eigenvalue weighted by molar-refractivity contribution is 5.49. The van der Waals surface area contributed by atoms with E-state index in [0.717, 1.165) is 6.07 Å². The topological polar surface area (TPSA) is 53.1 Å². The van der Waals surface area contributed by atoms with E-state index < -0.39 is 11.7 Å². The van der Waals surface area contributed by atoms with Crippen LogP contribution >= 0.6 is 0 Å². The summed E-state index contributed by atoms with van der Waals surface area (Å²) in [5.41, 5.74) is 4.45. The lowest BCUT2D eigenvalue weighted by molar-refractivity contribution is -0.138. The normalized spacial score (nSPS) is 11.6. The van der Waals surface area contributed by atoms with E-state index in [9.17, 15) is 13.2 Å². The smallest absolute Gasteiger partial charge is 0.420 e. The van der Waals surface area contributed by atoms with Gasteiger partial charge in [-0.2, -0.15) is 13.2 Å². The van der Waals surface area contributed by atoms with Crippen molar-refractivity contribution in [2.24, 2.45) is 7.05 Å². The standard InChI is InChI=1S/C11H10F3N3O/c1-17-5-4-16-10(17)18-9-3-2-7(15)6-8(9)11(12,13)14/h2-6H,15H2,1H3. The van der Waals surface area contributed by atoms with Crippen LogP contribution < -0.4 is 10.5 Å². The molecule has 0 saturated heterocycles. The first-order valence-corrected chi connectivity index (χ1v) is 5.00. The molecule has 0 spiro atoms. The monoisotopic (exact) mass is 257 g/mol. The van der Waals surface area contributed by atoms with Crippen LogP contribution in [0.25, 0.3) is 0 Å². The molecule has 1 aromatic carbocycles. The van der Waals surface area contributed by atoms with Crippen LogP contribution in [0, 0.1) is 0 Å². The molecule has 0 amide bonds. The van der Waals surface area contributed by atoms with Crippen LogP contribution in [-0.2, 0) is 13.2 Å². The zero-order chi connectivity index (χ0) is 13.3. The van der Waals surface area contributed by atoms with Crippen LogP contribution in [0.3, 0.4) is 0 Å². The Hall–Kier alpha value is -2.18. The van der Waals surface area contributed by atoms with Crippen LogP contribution in [0.15, 0.2) is 30.6 Å². The third-order valence-electron chi connectivity index (χ3n) is 2.29. The van der Waals surface area contributed by atoms with E-state index in [2.05, 4.69) is 4.98 Å². The zero-order valence-electron chi connectivity index (χ0n) is 9.40. The third kappa shape index (κ3) is 2.39. The van der Waals surface area contributed by atoms with Crippen molar-refractivity contribution in [1.29, 1.82) is 0 Å². The number of anilines is 1. The zero-order valence-corrected chi connectivity index (χ0v) is 9.40. The molecule has 0 atom stereocenters. The number of aryl methyl sites for hydroxylation is 1. The lowest BCUT2D eigenvalue weighted by atomic mass is 10.1. The average molecular weight is 257 g/mol. The number of halogens is 3. The van der Waals surface area contributed by atoms with E-state index in [4.69, 9.17) is 10.5 Å². The van der Waals surface area contributed by atoms with Crippen molar-refractivity contribution in [3.05, 3.63) is 36.2 Å². The molecule has 1 heterocycles. The number of rotatable bonds is 2. The second-order valence-corrected chi connectivity index (χ2v) is 3.68. The minimum atomic E-state index is -4.53. The van der Waals surface area contributed by atoms with Gasteiger partial charge in [-0.05, 0) is 18.2 Å². The molecule has 0 aliphatic rings. The molecule has 7 heteroatoms. The minimum absolute atomic E-state index is 0.0227. The van der Waals surface area contributed by atoms with Crippen molar-refractivity contribution in [2.75, 3.05) is 5.73 Å². The van der Waals surface area contributed by atoms with Crippen LogP contribution in [-0.4, -0.2) is 9.55 Å². The summed E-state index contributed by atoms with van der Waals surface area (Å²) in [7, 11) is 1.62. The molecule has 1 aromatic heterocycles. The van der Waals surface area contributed by atoms with E-state index in [1.807, 2.05) is 0 Å². The maximum atomic E-state index is 12.8. The van der Waals surface area contributed by atoms with Gasteiger partial charge in [-0.3, -0.25) is 0 Å². The SMILES string of the molecule is Cn1ccnc1Oc1ccc(N)cc1C(F)(F)F. The van der Waals surface area contributed by atoms with Gasteiger partial charge in [0.1, 0.15) is 11.3 Å². The Morgan fingerprint density at radius 1 is 1.33 bits per heavy atom. The molecule has 2 aromatic rings. The van der Waals surface area contributed by atoms with Crippen molar-refractivity contribution in [1.82, 2.24) is 9.55 Å². The Bertz CT molecular complexity index is 563. The first kappa shape index (κ1) is 12.3. The van der Waals surface area contributed by atoms with Crippen LogP contribution in [0.5, 0.6) is 11.8 Å². The summed E-state index contributed by atoms with van der Waals surface area (Å²) in [4.78, 5) is 3.80. The molecule has 4 nitrogen and oxygen atoms in total. The summed E-state index contributed by atoms with van der Waals surface area (Å²) in [6.07, 6.45) is -1.53. The molecule has 0 aliphatic heterocycles. The fraction of sp³-hybridized carbons (Fsp3) is 0.182. The number of ether oxygens (including phenoxy) is 1. The first-order chi connectivity index (χ1) is 8.38. The fourth-order valence-corrected chi connectivity index (χ4v) is 1.41. The molecular formula is C11H10F3N3O. The van der Waals surface area contributed by atoms with E-state index in [-0.39, 0.29) is 17.4 Å². The van der Waals surface area contributed by atoms with Gasteiger partial charge < -0.3 is 15.0 Å². The van der Waals surface area contributed by atoms with Crippen molar-refractivity contribution in [3.63, 3.8) is 0 Å². The van der Waals surface area contributed by atoms with E-state index >= 15 is 0 Å². The minimum Gasteiger partial charge on any atom is -0.425 e. The molecule has 0 saturated carbocycles. The molecule has 2 rings (SSSR count). The molecule has 2 N–H and O–H groups in total. The molecule has 18 heavy (non-hydrogen) atoms. The average Bonchev–Trinajstić information content (AvgIpc) is 2.66. The summed E-state index contributed by atoms with van der Waals surface area (Å²) in [5, 5.41) is 0. The van der Waals surface area contributed by atoms with Gasteiger partial charge in [-0.15, -0.1) is 0 Å². The van der Waals surface area contributed by atoms with Crippen LogP contribution in [0.2, 0.25) is 0 Å². The van der Waals surface area contributed by atoms with Gasteiger partial charge in [0.15, 0.2) is 0 Å². The molecule has 96 valence electrons. The quantitative estimate of drug-likeness (QED) is 0.841. The van der Waals surface area contributed by atoms with Gasteiger partial charge in [0, 0.05) is 25.1 Å². The summed E-state index contributed by atoms with van der Waals surface area (Å²) in [5.74, 6) is -0.328. The molecule has 0 unspecified atom stereocenters. The Morgan fingerprint density at radius 3 is 2.61 bits per heavy atom. The fourth-order valence-electron chi connectivity index (χ4n) is 1.41.